The second kappa shape index (κ2) is 6.57. The number of carbonyl (C=O) groups excluding carboxylic acids is 1. The van der Waals surface area contributed by atoms with Crippen molar-refractivity contribution in [2.75, 3.05) is 13.1 Å². The zero-order valence-electron chi connectivity index (χ0n) is 11.3. The Morgan fingerprint density at radius 2 is 1.95 bits per heavy atom. The van der Waals surface area contributed by atoms with Gasteiger partial charge in [-0.1, -0.05) is 6.07 Å². The Kier molecular flexibility index (Phi) is 5.31. The quantitative estimate of drug-likeness (QED) is 0.835. The Morgan fingerprint density at radius 1 is 1.33 bits per heavy atom. The Labute approximate surface area is 119 Å². The minimum Gasteiger partial charge on any atom is -0.480 e. The molecule has 0 bridgehead atoms. The van der Waals surface area contributed by atoms with Gasteiger partial charge in [-0.15, -0.1) is 0 Å². The molecule has 0 atom stereocenters. The molecule has 3 N–H and O–H groups in total. The molecule has 0 heterocycles. The molecule has 116 valence electrons. The van der Waals surface area contributed by atoms with Gasteiger partial charge in [-0.05, 0) is 30.2 Å². The minimum atomic E-state index is -4.49. The second-order valence-corrected chi connectivity index (χ2v) is 4.66. The van der Waals surface area contributed by atoms with Crippen molar-refractivity contribution in [3.8, 4) is 0 Å². The molecule has 21 heavy (non-hydrogen) atoms. The van der Waals surface area contributed by atoms with Crippen LogP contribution in [0.2, 0.25) is 0 Å². The van der Waals surface area contributed by atoms with Crippen molar-refractivity contribution in [2.45, 2.75) is 19.6 Å². The molecule has 1 aromatic carbocycles. The Hall–Kier alpha value is -2.09. The SMILES string of the molecule is Cc1cc(C(N)=O)ccc1CN(CC(=O)O)CC(F)(F)F. The van der Waals surface area contributed by atoms with Gasteiger partial charge in [0.05, 0.1) is 13.1 Å². The van der Waals surface area contributed by atoms with E-state index in [9.17, 15) is 22.8 Å². The molecule has 0 aliphatic carbocycles. The van der Waals surface area contributed by atoms with Crippen LogP contribution in [0.1, 0.15) is 21.5 Å². The van der Waals surface area contributed by atoms with Crippen LogP contribution in [-0.4, -0.2) is 41.1 Å². The summed E-state index contributed by atoms with van der Waals surface area (Å²) >= 11 is 0. The van der Waals surface area contributed by atoms with E-state index in [4.69, 9.17) is 10.8 Å². The van der Waals surface area contributed by atoms with Crippen molar-refractivity contribution in [3.63, 3.8) is 0 Å². The molecule has 0 aliphatic heterocycles. The summed E-state index contributed by atoms with van der Waals surface area (Å²) in [5.41, 5.74) is 6.43. The van der Waals surface area contributed by atoms with Gasteiger partial charge < -0.3 is 10.8 Å². The number of carbonyl (C=O) groups is 2. The number of alkyl halides is 3. The zero-order chi connectivity index (χ0) is 16.2. The Balaban J connectivity index is 2.92. The smallest absolute Gasteiger partial charge is 0.401 e. The zero-order valence-corrected chi connectivity index (χ0v) is 11.3. The highest BCUT2D eigenvalue weighted by molar-refractivity contribution is 5.93. The first-order valence-electron chi connectivity index (χ1n) is 5.98. The molecule has 0 aromatic heterocycles. The van der Waals surface area contributed by atoms with Crippen molar-refractivity contribution in [1.29, 1.82) is 0 Å². The van der Waals surface area contributed by atoms with Crippen LogP contribution in [0, 0.1) is 6.92 Å². The molecule has 0 spiro atoms. The maximum atomic E-state index is 12.4. The predicted octanol–water partition coefficient (Wildman–Crippen LogP) is 1.54. The summed E-state index contributed by atoms with van der Waals surface area (Å²) in [4.78, 5) is 22.4. The summed E-state index contributed by atoms with van der Waals surface area (Å²) in [5, 5.41) is 8.67. The number of carboxylic acids is 1. The average molecular weight is 304 g/mol. The van der Waals surface area contributed by atoms with Crippen LogP contribution in [0.3, 0.4) is 0 Å². The standard InChI is InChI=1S/C13H15F3N2O3/c1-8-4-9(12(17)21)2-3-10(8)5-18(6-11(19)20)7-13(14,15)16/h2-4H,5-7H2,1H3,(H2,17,21)(H,19,20). The van der Waals surface area contributed by atoms with Gasteiger partial charge in [0.25, 0.3) is 0 Å². The molecule has 1 aromatic rings. The topological polar surface area (TPSA) is 83.6 Å². The van der Waals surface area contributed by atoms with Gasteiger partial charge in [0.1, 0.15) is 0 Å². The van der Waals surface area contributed by atoms with Crippen LogP contribution in [-0.2, 0) is 11.3 Å². The average Bonchev–Trinajstić information content (AvgIpc) is 2.28. The molecule has 0 unspecified atom stereocenters. The summed E-state index contributed by atoms with van der Waals surface area (Å²) < 4.78 is 37.3. The molecule has 0 saturated carbocycles. The van der Waals surface area contributed by atoms with Crippen molar-refractivity contribution in [2.24, 2.45) is 5.73 Å². The lowest BCUT2D eigenvalue weighted by Gasteiger charge is -2.22. The number of primary amides is 1. The predicted molar refractivity (Wildman–Crippen MR) is 68.7 cm³/mol. The van der Waals surface area contributed by atoms with E-state index in [0.717, 1.165) is 4.90 Å². The van der Waals surface area contributed by atoms with Crippen LogP contribution in [0.15, 0.2) is 18.2 Å². The first-order chi connectivity index (χ1) is 9.58. The van der Waals surface area contributed by atoms with Crippen LogP contribution in [0.25, 0.3) is 0 Å². The highest BCUT2D eigenvalue weighted by Gasteiger charge is 2.31. The summed E-state index contributed by atoms with van der Waals surface area (Å²) in [7, 11) is 0. The van der Waals surface area contributed by atoms with Gasteiger partial charge in [0.15, 0.2) is 0 Å². The van der Waals surface area contributed by atoms with E-state index in [1.165, 1.54) is 18.2 Å². The van der Waals surface area contributed by atoms with Gasteiger partial charge in [-0.2, -0.15) is 13.2 Å². The van der Waals surface area contributed by atoms with Crippen LogP contribution < -0.4 is 5.73 Å². The Morgan fingerprint density at radius 3 is 2.38 bits per heavy atom. The highest BCUT2D eigenvalue weighted by Crippen LogP contribution is 2.19. The molecular weight excluding hydrogens is 289 g/mol. The van der Waals surface area contributed by atoms with E-state index in [1.54, 1.807) is 6.92 Å². The molecule has 0 radical (unpaired) electrons. The van der Waals surface area contributed by atoms with Gasteiger partial charge in [-0.3, -0.25) is 14.5 Å². The van der Waals surface area contributed by atoms with Crippen molar-refractivity contribution in [1.82, 2.24) is 4.90 Å². The Bertz CT molecular complexity index is 544. The molecule has 1 amide bonds. The maximum absolute atomic E-state index is 12.4. The highest BCUT2D eigenvalue weighted by atomic mass is 19.4. The maximum Gasteiger partial charge on any atom is 0.401 e. The summed E-state index contributed by atoms with van der Waals surface area (Å²) in [5.74, 6) is -1.98. The van der Waals surface area contributed by atoms with Gasteiger partial charge in [-0.25, -0.2) is 0 Å². The van der Waals surface area contributed by atoms with E-state index in [-0.39, 0.29) is 12.1 Å². The van der Waals surface area contributed by atoms with E-state index < -0.39 is 31.1 Å². The van der Waals surface area contributed by atoms with Crippen molar-refractivity contribution >= 4 is 11.9 Å². The molecule has 5 nitrogen and oxygen atoms in total. The third-order valence-corrected chi connectivity index (χ3v) is 2.78. The van der Waals surface area contributed by atoms with Crippen molar-refractivity contribution < 1.29 is 27.9 Å². The van der Waals surface area contributed by atoms with Crippen LogP contribution >= 0.6 is 0 Å². The first kappa shape index (κ1) is 17.0. The van der Waals surface area contributed by atoms with E-state index in [1.807, 2.05) is 0 Å². The fourth-order valence-electron chi connectivity index (χ4n) is 1.88. The largest absolute Gasteiger partial charge is 0.480 e. The number of hydrogen-bond donors (Lipinski definition) is 2. The molecule has 1 rings (SSSR count). The number of nitrogens with two attached hydrogens (primary N) is 1. The number of benzene rings is 1. The number of amides is 1. The van der Waals surface area contributed by atoms with Crippen LogP contribution in [0.5, 0.6) is 0 Å². The lowest BCUT2D eigenvalue weighted by atomic mass is 10.0. The third kappa shape index (κ3) is 5.82. The number of carboxylic acid groups (broad SMARTS) is 1. The first-order valence-corrected chi connectivity index (χ1v) is 5.98. The van der Waals surface area contributed by atoms with Gasteiger partial charge in [0, 0.05) is 12.1 Å². The summed E-state index contributed by atoms with van der Waals surface area (Å²) in [6.07, 6.45) is -4.49. The summed E-state index contributed by atoms with van der Waals surface area (Å²) in [6.45, 7) is -0.613. The number of aliphatic carboxylic acids is 1. The fraction of sp³-hybridized carbons (Fsp3) is 0.385. The molecule has 0 saturated heterocycles. The number of rotatable bonds is 6. The number of aryl methyl sites for hydroxylation is 1. The molecular formula is C13H15F3N2O3. The lowest BCUT2D eigenvalue weighted by molar-refractivity contribution is -0.154. The molecule has 0 fully saturated rings. The normalized spacial score (nSPS) is 11.7. The van der Waals surface area contributed by atoms with E-state index in [2.05, 4.69) is 0 Å². The van der Waals surface area contributed by atoms with Gasteiger partial charge >= 0.3 is 12.1 Å². The minimum absolute atomic E-state index is 0.184. The third-order valence-electron chi connectivity index (χ3n) is 2.78. The molecule has 8 heteroatoms. The number of halogens is 3. The number of nitrogens with zero attached hydrogens (tertiary/aromatic N) is 1. The van der Waals surface area contributed by atoms with E-state index in [0.29, 0.717) is 11.1 Å². The fourth-order valence-corrected chi connectivity index (χ4v) is 1.88. The van der Waals surface area contributed by atoms with Gasteiger partial charge in [0.2, 0.25) is 5.91 Å². The lowest BCUT2D eigenvalue weighted by Crippen LogP contribution is -2.37. The molecule has 0 aliphatic rings. The second-order valence-electron chi connectivity index (χ2n) is 4.66. The number of hydrogen-bond acceptors (Lipinski definition) is 3. The van der Waals surface area contributed by atoms with E-state index >= 15 is 0 Å². The summed E-state index contributed by atoms with van der Waals surface area (Å²) in [6, 6.07) is 4.34. The van der Waals surface area contributed by atoms with Crippen molar-refractivity contribution in [3.05, 3.63) is 34.9 Å². The monoisotopic (exact) mass is 304 g/mol. The van der Waals surface area contributed by atoms with Crippen LogP contribution in [0.4, 0.5) is 13.2 Å².